The maximum atomic E-state index is 5.57. The lowest BCUT2D eigenvalue weighted by atomic mass is 9.96. The molecule has 0 bridgehead atoms. The third kappa shape index (κ3) is 4.83. The molecule has 2 aliphatic carbocycles. The Morgan fingerprint density at radius 1 is 1.29 bits per heavy atom. The van der Waals surface area contributed by atoms with E-state index in [1.165, 1.54) is 16.8 Å². The standard InChI is InChI=1S/C24H30N4O2S/c1-29-22-11-6-17(15-23(22)30-2)21-16-28(24-20(21)5-3-13-27-24)31-19-9-7-18(8-10-19)26-14-4-12-25/h3,5,7-9,13,15-16,19,26H,4,6,10-12,14,25H2,1-2H3. The van der Waals surface area contributed by atoms with Crippen LogP contribution in [0.2, 0.25) is 0 Å². The molecule has 0 amide bonds. The molecule has 1 unspecified atom stereocenters. The minimum atomic E-state index is 0.361. The Labute approximate surface area is 188 Å². The second-order valence-corrected chi connectivity index (χ2v) is 8.79. The Hall–Kier alpha value is -2.64. The molecule has 0 aromatic carbocycles. The zero-order chi connectivity index (χ0) is 21.6. The fraction of sp³-hybridized carbons (Fsp3) is 0.375. The van der Waals surface area contributed by atoms with Gasteiger partial charge in [0.15, 0.2) is 11.4 Å². The number of ether oxygens (including phenoxy) is 2. The Kier molecular flexibility index (Phi) is 7.04. The van der Waals surface area contributed by atoms with E-state index in [2.05, 4.69) is 50.8 Å². The molecule has 164 valence electrons. The number of methoxy groups -OCH3 is 2. The summed E-state index contributed by atoms with van der Waals surface area (Å²) in [4.78, 5) is 4.68. The molecule has 2 aromatic heterocycles. The van der Waals surface area contributed by atoms with Crippen molar-refractivity contribution in [1.29, 1.82) is 0 Å². The number of nitrogens with two attached hydrogens (primary N) is 1. The zero-order valence-electron chi connectivity index (χ0n) is 18.1. The molecule has 31 heavy (non-hydrogen) atoms. The maximum Gasteiger partial charge on any atom is 0.156 e. The summed E-state index contributed by atoms with van der Waals surface area (Å²) in [5, 5.41) is 4.96. The Bertz CT molecular complexity index is 1050. The van der Waals surface area contributed by atoms with Crippen molar-refractivity contribution in [3.05, 3.63) is 71.6 Å². The highest BCUT2D eigenvalue weighted by Gasteiger charge is 2.21. The van der Waals surface area contributed by atoms with Gasteiger partial charge in [0.1, 0.15) is 5.76 Å². The van der Waals surface area contributed by atoms with Gasteiger partial charge in [0.2, 0.25) is 0 Å². The molecule has 0 aliphatic heterocycles. The number of rotatable bonds is 9. The van der Waals surface area contributed by atoms with Crippen LogP contribution in [0.1, 0.15) is 31.2 Å². The molecule has 7 heteroatoms. The van der Waals surface area contributed by atoms with Crippen LogP contribution in [0.3, 0.4) is 0 Å². The van der Waals surface area contributed by atoms with E-state index >= 15 is 0 Å². The Balaban J connectivity index is 1.56. The van der Waals surface area contributed by atoms with E-state index < -0.39 is 0 Å². The van der Waals surface area contributed by atoms with Crippen LogP contribution in [0.15, 0.2) is 66.0 Å². The Morgan fingerprint density at radius 3 is 2.94 bits per heavy atom. The SMILES string of the molecule is COC1=C(OC)CCC(c2cn(SC3C=CC(NCCCN)=CC3)c3ncccc23)=C1. The lowest BCUT2D eigenvalue weighted by molar-refractivity contribution is 0.219. The van der Waals surface area contributed by atoms with Crippen LogP contribution in [0.5, 0.6) is 0 Å². The van der Waals surface area contributed by atoms with Crippen molar-refractivity contribution in [2.45, 2.75) is 30.9 Å². The molecular formula is C24H30N4O2S. The predicted molar refractivity (Wildman–Crippen MR) is 128 cm³/mol. The molecule has 0 saturated heterocycles. The van der Waals surface area contributed by atoms with Crippen molar-refractivity contribution in [2.75, 3.05) is 27.3 Å². The second-order valence-electron chi connectivity index (χ2n) is 7.58. The van der Waals surface area contributed by atoms with Gasteiger partial charge in [-0.1, -0.05) is 12.2 Å². The fourth-order valence-electron chi connectivity index (χ4n) is 3.93. The van der Waals surface area contributed by atoms with Crippen LogP contribution < -0.4 is 11.1 Å². The first-order valence-electron chi connectivity index (χ1n) is 10.7. The van der Waals surface area contributed by atoms with Crippen LogP contribution in [-0.4, -0.2) is 41.5 Å². The van der Waals surface area contributed by atoms with Crippen molar-refractivity contribution >= 4 is 28.6 Å². The minimum absolute atomic E-state index is 0.361. The summed E-state index contributed by atoms with van der Waals surface area (Å²) in [6.07, 6.45) is 16.6. The zero-order valence-corrected chi connectivity index (χ0v) is 19.0. The molecule has 0 radical (unpaired) electrons. The van der Waals surface area contributed by atoms with Crippen LogP contribution in [0, 0.1) is 0 Å². The highest BCUT2D eigenvalue weighted by molar-refractivity contribution is 7.98. The number of pyridine rings is 1. The van der Waals surface area contributed by atoms with Crippen molar-refractivity contribution in [3.63, 3.8) is 0 Å². The minimum Gasteiger partial charge on any atom is -0.497 e. The largest absolute Gasteiger partial charge is 0.497 e. The summed E-state index contributed by atoms with van der Waals surface area (Å²) in [5.74, 6) is 1.70. The molecule has 0 fully saturated rings. The first-order chi connectivity index (χ1) is 15.2. The monoisotopic (exact) mass is 438 g/mol. The van der Waals surface area contributed by atoms with Gasteiger partial charge in [-0.15, -0.1) is 0 Å². The number of hydrogen-bond acceptors (Lipinski definition) is 6. The van der Waals surface area contributed by atoms with Crippen molar-refractivity contribution in [2.24, 2.45) is 5.73 Å². The van der Waals surface area contributed by atoms with Crippen molar-refractivity contribution in [3.8, 4) is 0 Å². The summed E-state index contributed by atoms with van der Waals surface area (Å²) in [6, 6.07) is 4.15. The molecular weight excluding hydrogens is 408 g/mol. The van der Waals surface area contributed by atoms with Gasteiger partial charge >= 0.3 is 0 Å². The molecule has 2 heterocycles. The van der Waals surface area contributed by atoms with E-state index in [-0.39, 0.29) is 0 Å². The number of nitrogens with zero attached hydrogens (tertiary/aromatic N) is 2. The molecule has 2 aliphatic rings. The fourth-order valence-corrected chi connectivity index (χ4v) is 4.96. The van der Waals surface area contributed by atoms with Crippen LogP contribution >= 0.6 is 11.9 Å². The van der Waals surface area contributed by atoms with Crippen molar-refractivity contribution < 1.29 is 9.47 Å². The van der Waals surface area contributed by atoms with Gasteiger partial charge < -0.3 is 20.5 Å². The smallest absolute Gasteiger partial charge is 0.156 e. The molecule has 0 saturated carbocycles. The first kappa shape index (κ1) is 21.6. The van der Waals surface area contributed by atoms with Gasteiger partial charge in [0, 0.05) is 47.3 Å². The average molecular weight is 439 g/mol. The Morgan fingerprint density at radius 2 is 2.19 bits per heavy atom. The normalized spacial score (nSPS) is 18.7. The lowest BCUT2D eigenvalue weighted by Crippen LogP contribution is -2.19. The molecule has 1 atom stereocenters. The number of allylic oxidation sites excluding steroid dienone is 5. The molecule has 3 N–H and O–H groups in total. The number of fused-ring (bicyclic) bond motifs is 1. The maximum absolute atomic E-state index is 5.57. The van der Waals surface area contributed by atoms with E-state index in [1.807, 2.05) is 12.3 Å². The van der Waals surface area contributed by atoms with Crippen LogP contribution in [-0.2, 0) is 9.47 Å². The van der Waals surface area contributed by atoms with Crippen molar-refractivity contribution in [1.82, 2.24) is 14.3 Å². The van der Waals surface area contributed by atoms with Crippen LogP contribution in [0.25, 0.3) is 16.6 Å². The molecule has 6 nitrogen and oxygen atoms in total. The number of nitrogens with one attached hydrogen (secondary N) is 1. The summed E-state index contributed by atoms with van der Waals surface area (Å²) in [5.41, 5.74) is 10.2. The summed E-state index contributed by atoms with van der Waals surface area (Å²) in [7, 11) is 3.39. The van der Waals surface area contributed by atoms with E-state index in [4.69, 9.17) is 15.2 Å². The molecule has 4 rings (SSSR count). The summed E-state index contributed by atoms with van der Waals surface area (Å²) >= 11 is 1.80. The highest BCUT2D eigenvalue weighted by Crippen LogP contribution is 2.37. The first-order valence-corrected chi connectivity index (χ1v) is 11.5. The van der Waals surface area contributed by atoms with Gasteiger partial charge in [0.05, 0.1) is 14.2 Å². The van der Waals surface area contributed by atoms with E-state index in [0.717, 1.165) is 54.8 Å². The van der Waals surface area contributed by atoms with Gasteiger partial charge in [-0.3, -0.25) is 3.97 Å². The predicted octanol–water partition coefficient (Wildman–Crippen LogP) is 4.37. The van der Waals surface area contributed by atoms with Gasteiger partial charge in [0.25, 0.3) is 0 Å². The third-order valence-corrected chi connectivity index (χ3v) is 6.69. The molecule has 0 spiro atoms. The molecule has 2 aromatic rings. The van der Waals surface area contributed by atoms with E-state index in [1.54, 1.807) is 26.2 Å². The topological polar surface area (TPSA) is 74.3 Å². The van der Waals surface area contributed by atoms with E-state index in [9.17, 15) is 0 Å². The van der Waals surface area contributed by atoms with E-state index in [0.29, 0.717) is 11.8 Å². The van der Waals surface area contributed by atoms with Gasteiger partial charge in [-0.25, -0.2) is 4.98 Å². The van der Waals surface area contributed by atoms with Gasteiger partial charge in [-0.05, 0) is 67.6 Å². The van der Waals surface area contributed by atoms with Crippen LogP contribution in [0.4, 0.5) is 0 Å². The quantitative estimate of drug-likeness (QED) is 0.567. The van der Waals surface area contributed by atoms with Gasteiger partial charge in [-0.2, -0.15) is 0 Å². The average Bonchev–Trinajstić information content (AvgIpc) is 3.18. The second kappa shape index (κ2) is 10.1. The summed E-state index contributed by atoms with van der Waals surface area (Å²) < 4.78 is 13.2. The summed E-state index contributed by atoms with van der Waals surface area (Å²) in [6.45, 7) is 1.63. The third-order valence-electron chi connectivity index (χ3n) is 5.57. The highest BCUT2D eigenvalue weighted by atomic mass is 32.2. The number of aromatic nitrogens is 2. The lowest BCUT2D eigenvalue weighted by Gasteiger charge is -2.18. The number of hydrogen-bond donors (Lipinski definition) is 2.